The predicted octanol–water partition coefficient (Wildman–Crippen LogP) is 4.38. The van der Waals surface area contributed by atoms with Crippen molar-refractivity contribution in [2.75, 3.05) is 13.2 Å². The molecule has 19 heteroatoms. The Hall–Kier alpha value is -3.12. The van der Waals surface area contributed by atoms with Crippen LogP contribution in [-0.2, 0) is 32.9 Å². The normalized spacial score (nSPS) is 22.7. The lowest BCUT2D eigenvalue weighted by molar-refractivity contribution is -0.941. The zero-order valence-electron chi connectivity index (χ0n) is 21.3. The molecule has 1 aliphatic heterocycles. The molecule has 4 atom stereocenters. The van der Waals surface area contributed by atoms with Gasteiger partial charge in [0.25, 0.3) is 0 Å². The second-order valence-corrected chi connectivity index (χ2v) is 10.9. The van der Waals surface area contributed by atoms with Gasteiger partial charge in [0.1, 0.15) is 18.9 Å². The van der Waals surface area contributed by atoms with Gasteiger partial charge in [-0.15, -0.1) is 9.55 Å². The Bertz CT molecular complexity index is 1510. The molecule has 0 radical (unpaired) electrons. The second-order valence-electron chi connectivity index (χ2n) is 9.47. The molecule has 3 N–H and O–H groups in total. The minimum Gasteiger partial charge on any atom is -0.632 e. The number of ether oxygens (including phenoxy) is 2. The van der Waals surface area contributed by atoms with Crippen LogP contribution < -0.4 is 5.69 Å². The third-order valence-electron chi connectivity index (χ3n) is 6.46. The van der Waals surface area contributed by atoms with Crippen LogP contribution in [0.25, 0.3) is 0 Å². The molecule has 3 aromatic rings. The lowest BCUT2D eigenvalue weighted by Crippen LogP contribution is -2.56. The quantitative estimate of drug-likeness (QED) is 0.151. The Morgan fingerprint density at radius 3 is 2.21 bits per heavy atom. The number of benzene rings is 2. The van der Waals surface area contributed by atoms with Crippen LogP contribution in [0.15, 0.2) is 47.3 Å². The number of hydrogen-bond acceptors (Lipinski definition) is 6. The van der Waals surface area contributed by atoms with E-state index in [2.05, 4.69) is 10.1 Å². The summed E-state index contributed by atoms with van der Waals surface area (Å²) < 4.78 is 115. The highest BCUT2D eigenvalue weighted by Gasteiger charge is 2.45. The molecule has 4 rings (SSSR count). The van der Waals surface area contributed by atoms with Gasteiger partial charge in [-0.1, -0.05) is 0 Å². The standard InChI is InChI=1S/C23H22F7N4O7P/c1-12(14-8-15(22(25,26)27)10-16(9-14)23(28,29)30)41-20-19(13-2-4-17(24)5-3-13)34(36,6-7-40-20)11-18-31-21(35)33(32-18)42(37,38)39/h2-5,8-10,12,19-20H,6-7,11H2,1H3,(H,31,32,35)(H2,37,38,39)/t12-,19+,20-,34?/m1/s1. The van der Waals surface area contributed by atoms with Gasteiger partial charge >= 0.3 is 25.8 Å². The molecule has 0 bridgehead atoms. The van der Waals surface area contributed by atoms with Gasteiger partial charge in [-0.2, -0.15) is 26.3 Å². The number of alkyl halides is 6. The van der Waals surface area contributed by atoms with Crippen molar-refractivity contribution in [3.63, 3.8) is 0 Å². The summed E-state index contributed by atoms with van der Waals surface area (Å²) in [6.45, 7) is -0.307. The summed E-state index contributed by atoms with van der Waals surface area (Å²) in [7, 11) is -5.18. The third kappa shape index (κ3) is 6.91. The van der Waals surface area contributed by atoms with Crippen molar-refractivity contribution in [3.05, 3.63) is 92.1 Å². The van der Waals surface area contributed by atoms with Gasteiger partial charge in [0.15, 0.2) is 11.9 Å². The van der Waals surface area contributed by atoms with E-state index in [1.54, 1.807) is 0 Å². The van der Waals surface area contributed by atoms with Crippen molar-refractivity contribution in [2.24, 2.45) is 0 Å². The number of quaternary nitrogens is 1. The minimum absolute atomic E-state index is 0.0499. The number of aromatic amines is 1. The Morgan fingerprint density at radius 1 is 1.14 bits per heavy atom. The van der Waals surface area contributed by atoms with Crippen molar-refractivity contribution in [1.29, 1.82) is 0 Å². The van der Waals surface area contributed by atoms with E-state index in [4.69, 9.17) is 9.47 Å². The van der Waals surface area contributed by atoms with Crippen LogP contribution in [0.2, 0.25) is 0 Å². The monoisotopic (exact) mass is 630 g/mol. The molecule has 1 unspecified atom stereocenters. The fraction of sp³-hybridized carbons (Fsp3) is 0.391. The van der Waals surface area contributed by atoms with E-state index in [1.807, 2.05) is 0 Å². The summed E-state index contributed by atoms with van der Waals surface area (Å²) in [5, 5.41) is 17.7. The van der Waals surface area contributed by atoms with Crippen molar-refractivity contribution < 1.29 is 59.2 Å². The van der Waals surface area contributed by atoms with Gasteiger partial charge in [0, 0.05) is 5.56 Å². The molecular formula is C23H22F7N4O7P. The number of rotatable bonds is 7. The molecule has 11 nitrogen and oxygen atoms in total. The third-order valence-corrected chi connectivity index (χ3v) is 7.22. The summed E-state index contributed by atoms with van der Waals surface area (Å²) in [6.07, 6.45) is -13.4. The van der Waals surface area contributed by atoms with Crippen LogP contribution in [0.1, 0.15) is 47.1 Å². The molecule has 2 aromatic carbocycles. The largest absolute Gasteiger partial charge is 0.632 e. The van der Waals surface area contributed by atoms with E-state index in [1.165, 1.54) is 12.1 Å². The van der Waals surface area contributed by atoms with Gasteiger partial charge in [-0.25, -0.2) is 13.8 Å². The first-order valence-electron chi connectivity index (χ1n) is 11.9. The minimum atomic E-state index is -5.18. The number of nitrogens with zero attached hydrogens (tertiary/aromatic N) is 3. The van der Waals surface area contributed by atoms with Gasteiger partial charge in [-0.05, 0) is 55.0 Å². The van der Waals surface area contributed by atoms with Crippen LogP contribution in [0.4, 0.5) is 30.7 Å². The maximum atomic E-state index is 14.2. The fourth-order valence-electron chi connectivity index (χ4n) is 4.51. The highest BCUT2D eigenvalue weighted by molar-refractivity contribution is 7.49. The van der Waals surface area contributed by atoms with E-state index in [0.29, 0.717) is 12.1 Å². The fourth-order valence-corrected chi connectivity index (χ4v) is 5.02. The van der Waals surface area contributed by atoms with E-state index >= 15 is 0 Å². The van der Waals surface area contributed by atoms with Crippen molar-refractivity contribution in [3.8, 4) is 0 Å². The van der Waals surface area contributed by atoms with Crippen LogP contribution in [0, 0.1) is 11.0 Å². The van der Waals surface area contributed by atoms with E-state index in [0.717, 1.165) is 19.1 Å². The van der Waals surface area contributed by atoms with E-state index < -0.39 is 83.7 Å². The number of aromatic nitrogens is 3. The average molecular weight is 630 g/mol. The molecule has 230 valence electrons. The lowest BCUT2D eigenvalue weighted by atomic mass is 10.00. The van der Waals surface area contributed by atoms with Crippen molar-refractivity contribution in [1.82, 2.24) is 14.5 Å². The van der Waals surface area contributed by atoms with E-state index in [9.17, 15) is 55.1 Å². The number of morpholine rings is 1. The summed E-state index contributed by atoms with van der Waals surface area (Å²) >= 11 is 0. The number of nitrogens with one attached hydrogen (secondary N) is 1. The first-order valence-corrected chi connectivity index (χ1v) is 13.5. The Kier molecular flexibility index (Phi) is 8.47. The molecule has 0 spiro atoms. The highest BCUT2D eigenvalue weighted by atomic mass is 31.2. The maximum Gasteiger partial charge on any atom is 0.454 e. The maximum absolute atomic E-state index is 14.2. The lowest BCUT2D eigenvalue weighted by Gasteiger charge is -2.53. The Morgan fingerprint density at radius 2 is 1.71 bits per heavy atom. The molecule has 1 saturated heterocycles. The predicted molar refractivity (Wildman–Crippen MR) is 127 cm³/mol. The molecule has 1 aliphatic rings. The topological polar surface area (TPSA) is 150 Å². The molecule has 0 amide bonds. The highest BCUT2D eigenvalue weighted by Crippen LogP contribution is 2.42. The molecule has 42 heavy (non-hydrogen) atoms. The smallest absolute Gasteiger partial charge is 0.454 e. The summed E-state index contributed by atoms with van der Waals surface area (Å²) in [5.41, 5.74) is -4.93. The number of hydroxylamine groups is 3. The van der Waals surface area contributed by atoms with Gasteiger partial charge in [-0.3, -0.25) is 4.98 Å². The molecule has 2 heterocycles. The molecule has 1 aromatic heterocycles. The van der Waals surface area contributed by atoms with Gasteiger partial charge in [0.2, 0.25) is 6.29 Å². The summed E-state index contributed by atoms with van der Waals surface area (Å²) in [6, 6.07) is 3.75. The second kappa shape index (κ2) is 11.2. The summed E-state index contributed by atoms with van der Waals surface area (Å²) in [5.74, 6) is -1.15. The zero-order chi connectivity index (χ0) is 31.3. The Labute approximate surface area is 231 Å². The van der Waals surface area contributed by atoms with Crippen molar-refractivity contribution >= 4 is 7.75 Å². The van der Waals surface area contributed by atoms with Crippen LogP contribution >= 0.6 is 7.75 Å². The SMILES string of the molecule is C[C@@H](O[C@H]1OCC[N+]([O-])(Cc2nn(P(=O)(O)O)c(=O)[nH]2)[C@H]1c1ccc(F)cc1)c1cc(C(F)(F)F)cc(C(F)(F)F)c1. The summed E-state index contributed by atoms with van der Waals surface area (Å²) in [4.78, 5) is 32.6. The molecule has 0 aliphatic carbocycles. The van der Waals surface area contributed by atoms with Gasteiger partial charge in [0.05, 0.1) is 23.8 Å². The van der Waals surface area contributed by atoms with Crippen LogP contribution in [0.5, 0.6) is 0 Å². The Balaban J connectivity index is 1.73. The number of halogens is 7. The van der Waals surface area contributed by atoms with Crippen molar-refractivity contribution in [2.45, 2.75) is 44.3 Å². The first-order chi connectivity index (χ1) is 19.3. The number of H-pyrrole nitrogens is 1. The molecular weight excluding hydrogens is 608 g/mol. The van der Waals surface area contributed by atoms with Gasteiger partial charge < -0.3 is 29.1 Å². The van der Waals surface area contributed by atoms with Crippen LogP contribution in [-0.4, -0.2) is 48.4 Å². The molecule has 1 fully saturated rings. The number of hydrogen-bond donors (Lipinski definition) is 3. The van der Waals surface area contributed by atoms with Crippen LogP contribution in [0.3, 0.4) is 0 Å². The zero-order valence-corrected chi connectivity index (χ0v) is 22.2. The first kappa shape index (κ1) is 31.8. The van der Waals surface area contributed by atoms with E-state index in [-0.39, 0.29) is 29.2 Å². The molecule has 0 saturated carbocycles. The average Bonchev–Trinajstić information content (AvgIpc) is 3.23.